The van der Waals surface area contributed by atoms with E-state index in [1.54, 1.807) is 7.11 Å². The molecule has 0 saturated carbocycles. The zero-order valence-electron chi connectivity index (χ0n) is 13.7. The Morgan fingerprint density at radius 2 is 1.81 bits per heavy atom. The fourth-order valence-electron chi connectivity index (χ4n) is 1.66. The predicted octanol–water partition coefficient (Wildman–Crippen LogP) is 1.36. The number of hydrogen-bond acceptors (Lipinski definition) is 3. The van der Waals surface area contributed by atoms with E-state index in [2.05, 4.69) is 34.8 Å². The van der Waals surface area contributed by atoms with E-state index < -0.39 is 0 Å². The molecule has 0 aliphatic heterocycles. The maximum atomic E-state index is 11.5. The maximum Gasteiger partial charge on any atom is 0.241 e. The SMILES string of the molecule is CCNC(=NCC(=O)NCCOC)NCC(CC)CC.I. The van der Waals surface area contributed by atoms with Crippen molar-refractivity contribution in [3.63, 3.8) is 0 Å². The highest BCUT2D eigenvalue weighted by Gasteiger charge is 2.05. The summed E-state index contributed by atoms with van der Waals surface area (Å²) in [7, 11) is 1.61. The molecule has 1 amide bonds. The Bertz CT molecular complexity index is 284. The molecule has 0 aliphatic rings. The van der Waals surface area contributed by atoms with Crippen molar-refractivity contribution in [1.29, 1.82) is 0 Å². The number of nitrogens with one attached hydrogen (secondary N) is 3. The Kier molecular flexibility index (Phi) is 17.1. The highest BCUT2D eigenvalue weighted by Crippen LogP contribution is 2.04. The Morgan fingerprint density at radius 3 is 2.33 bits per heavy atom. The Labute approximate surface area is 145 Å². The summed E-state index contributed by atoms with van der Waals surface area (Å²) in [6.07, 6.45) is 2.28. The molecule has 0 saturated heterocycles. The molecule has 6 nitrogen and oxygen atoms in total. The number of hydrogen-bond donors (Lipinski definition) is 3. The molecular weight excluding hydrogens is 383 g/mol. The topological polar surface area (TPSA) is 74.8 Å². The first-order valence-electron chi connectivity index (χ1n) is 7.45. The van der Waals surface area contributed by atoms with Crippen molar-refractivity contribution in [1.82, 2.24) is 16.0 Å². The minimum atomic E-state index is -0.0956. The van der Waals surface area contributed by atoms with E-state index in [-0.39, 0.29) is 36.4 Å². The molecule has 0 bridgehead atoms. The van der Waals surface area contributed by atoms with Crippen LogP contribution in [0.15, 0.2) is 4.99 Å². The summed E-state index contributed by atoms with van der Waals surface area (Å²) in [6.45, 7) is 9.19. The number of carbonyl (C=O) groups excluding carboxylic acids is 1. The second kappa shape index (κ2) is 15.8. The average molecular weight is 414 g/mol. The summed E-state index contributed by atoms with van der Waals surface area (Å²) >= 11 is 0. The molecule has 126 valence electrons. The van der Waals surface area contributed by atoms with Crippen LogP contribution in [-0.4, -0.2) is 51.8 Å². The van der Waals surface area contributed by atoms with Gasteiger partial charge in [-0.2, -0.15) is 0 Å². The van der Waals surface area contributed by atoms with E-state index in [1.807, 2.05) is 6.92 Å². The highest BCUT2D eigenvalue weighted by molar-refractivity contribution is 14.0. The summed E-state index contributed by atoms with van der Waals surface area (Å²) < 4.78 is 4.87. The van der Waals surface area contributed by atoms with Crippen LogP contribution in [0.4, 0.5) is 0 Å². The number of amides is 1. The van der Waals surface area contributed by atoms with Crippen molar-refractivity contribution in [2.24, 2.45) is 10.9 Å². The van der Waals surface area contributed by atoms with Crippen LogP contribution in [0.5, 0.6) is 0 Å². The average Bonchev–Trinajstić information content (AvgIpc) is 2.46. The van der Waals surface area contributed by atoms with Gasteiger partial charge in [-0.3, -0.25) is 4.79 Å². The van der Waals surface area contributed by atoms with Gasteiger partial charge in [0, 0.05) is 26.7 Å². The van der Waals surface area contributed by atoms with Gasteiger partial charge in [-0.1, -0.05) is 26.7 Å². The highest BCUT2D eigenvalue weighted by atomic mass is 127. The van der Waals surface area contributed by atoms with Gasteiger partial charge >= 0.3 is 0 Å². The van der Waals surface area contributed by atoms with Crippen LogP contribution in [0.25, 0.3) is 0 Å². The quantitative estimate of drug-likeness (QED) is 0.219. The normalized spacial score (nSPS) is 11.0. The first kappa shape index (κ1) is 22.7. The summed E-state index contributed by atoms with van der Waals surface area (Å²) in [4.78, 5) is 15.8. The number of ether oxygens (including phenoxy) is 1. The lowest BCUT2D eigenvalue weighted by Gasteiger charge is -2.16. The zero-order chi connectivity index (χ0) is 15.2. The second-order valence-electron chi connectivity index (χ2n) is 4.60. The van der Waals surface area contributed by atoms with Gasteiger partial charge in [-0.05, 0) is 12.8 Å². The van der Waals surface area contributed by atoms with Crippen LogP contribution in [0.1, 0.15) is 33.6 Å². The van der Waals surface area contributed by atoms with Crippen molar-refractivity contribution in [2.45, 2.75) is 33.6 Å². The monoisotopic (exact) mass is 414 g/mol. The predicted molar refractivity (Wildman–Crippen MR) is 98.4 cm³/mol. The van der Waals surface area contributed by atoms with Crippen LogP contribution < -0.4 is 16.0 Å². The Morgan fingerprint density at radius 1 is 1.14 bits per heavy atom. The second-order valence-corrected chi connectivity index (χ2v) is 4.60. The van der Waals surface area contributed by atoms with Crippen molar-refractivity contribution < 1.29 is 9.53 Å². The first-order chi connectivity index (χ1) is 9.67. The van der Waals surface area contributed by atoms with Crippen molar-refractivity contribution in [3.8, 4) is 0 Å². The standard InChI is InChI=1S/C14H30N4O2.HI/c1-5-12(6-2)10-17-14(15-7-3)18-11-13(19)16-8-9-20-4;/h12H,5-11H2,1-4H3,(H,16,19)(H2,15,17,18);1H. The zero-order valence-corrected chi connectivity index (χ0v) is 16.0. The van der Waals surface area contributed by atoms with E-state index >= 15 is 0 Å². The van der Waals surface area contributed by atoms with Gasteiger partial charge in [0.05, 0.1) is 6.61 Å². The molecule has 7 heteroatoms. The third kappa shape index (κ3) is 12.9. The van der Waals surface area contributed by atoms with Gasteiger partial charge in [0.25, 0.3) is 0 Å². The third-order valence-corrected chi connectivity index (χ3v) is 3.07. The molecule has 21 heavy (non-hydrogen) atoms. The molecule has 0 unspecified atom stereocenters. The molecular formula is C14H31IN4O2. The molecule has 0 aromatic rings. The van der Waals surface area contributed by atoms with E-state index in [1.165, 1.54) is 0 Å². The first-order valence-corrected chi connectivity index (χ1v) is 7.45. The smallest absolute Gasteiger partial charge is 0.241 e. The van der Waals surface area contributed by atoms with E-state index in [4.69, 9.17) is 4.74 Å². The molecule has 0 fully saturated rings. The lowest BCUT2D eigenvalue weighted by Crippen LogP contribution is -2.40. The van der Waals surface area contributed by atoms with Crippen LogP contribution in [-0.2, 0) is 9.53 Å². The Hall–Kier alpha value is -0.570. The molecule has 0 rings (SSSR count). The largest absolute Gasteiger partial charge is 0.383 e. The molecule has 0 aliphatic carbocycles. The molecule has 0 heterocycles. The van der Waals surface area contributed by atoms with E-state index in [0.717, 1.165) is 25.9 Å². The van der Waals surface area contributed by atoms with Gasteiger partial charge in [-0.25, -0.2) is 4.99 Å². The number of aliphatic imine (C=N–C) groups is 1. The minimum absolute atomic E-state index is 0. The fraction of sp³-hybridized carbons (Fsp3) is 0.857. The summed E-state index contributed by atoms with van der Waals surface area (Å²) in [5.74, 6) is 1.23. The number of halogens is 1. The fourth-order valence-corrected chi connectivity index (χ4v) is 1.66. The van der Waals surface area contributed by atoms with Crippen molar-refractivity contribution >= 4 is 35.8 Å². The van der Waals surface area contributed by atoms with Crippen LogP contribution in [0.3, 0.4) is 0 Å². The molecule has 0 aromatic heterocycles. The minimum Gasteiger partial charge on any atom is -0.383 e. The molecule has 0 aromatic carbocycles. The lowest BCUT2D eigenvalue weighted by molar-refractivity contribution is -0.119. The van der Waals surface area contributed by atoms with Crippen LogP contribution in [0, 0.1) is 5.92 Å². The number of rotatable bonds is 10. The number of guanidine groups is 1. The summed E-state index contributed by atoms with van der Waals surface area (Å²) in [5, 5.41) is 9.16. The van der Waals surface area contributed by atoms with Gasteiger partial charge in [0.1, 0.15) is 6.54 Å². The number of carbonyl (C=O) groups is 1. The lowest BCUT2D eigenvalue weighted by atomic mass is 10.0. The molecule has 0 atom stereocenters. The van der Waals surface area contributed by atoms with Crippen LogP contribution >= 0.6 is 24.0 Å². The summed E-state index contributed by atoms with van der Waals surface area (Å²) in [6, 6.07) is 0. The maximum absolute atomic E-state index is 11.5. The van der Waals surface area contributed by atoms with Crippen molar-refractivity contribution in [2.75, 3.05) is 39.9 Å². The molecule has 3 N–H and O–H groups in total. The number of nitrogens with zero attached hydrogens (tertiary/aromatic N) is 1. The number of methoxy groups -OCH3 is 1. The van der Waals surface area contributed by atoms with Gasteiger partial charge in [0.15, 0.2) is 5.96 Å². The summed E-state index contributed by atoms with van der Waals surface area (Å²) in [5.41, 5.74) is 0. The van der Waals surface area contributed by atoms with Crippen LogP contribution in [0.2, 0.25) is 0 Å². The van der Waals surface area contributed by atoms with Gasteiger partial charge in [-0.15, -0.1) is 24.0 Å². The Balaban J connectivity index is 0. The third-order valence-electron chi connectivity index (χ3n) is 3.07. The van der Waals surface area contributed by atoms with Crippen molar-refractivity contribution in [3.05, 3.63) is 0 Å². The molecule has 0 spiro atoms. The molecule has 0 radical (unpaired) electrons. The van der Waals surface area contributed by atoms with E-state index in [0.29, 0.717) is 25.0 Å². The van der Waals surface area contributed by atoms with E-state index in [9.17, 15) is 4.79 Å². The van der Waals surface area contributed by atoms with Gasteiger partial charge in [0.2, 0.25) is 5.91 Å². The van der Waals surface area contributed by atoms with Gasteiger partial charge < -0.3 is 20.7 Å².